The summed E-state index contributed by atoms with van der Waals surface area (Å²) in [6.07, 6.45) is 5.11. The van der Waals surface area contributed by atoms with E-state index >= 15 is 0 Å². The first-order chi connectivity index (χ1) is 7.11. The molecule has 0 aliphatic carbocycles. The van der Waals surface area contributed by atoms with Gasteiger partial charge in [-0.15, -0.1) is 12.3 Å². The van der Waals surface area contributed by atoms with E-state index in [-0.39, 0.29) is 12.0 Å². The van der Waals surface area contributed by atoms with Crippen molar-refractivity contribution in [3.8, 4) is 12.3 Å². The van der Waals surface area contributed by atoms with Crippen molar-refractivity contribution in [2.75, 3.05) is 0 Å². The van der Waals surface area contributed by atoms with Crippen LogP contribution in [0.15, 0.2) is 12.1 Å². The molecule has 0 saturated carbocycles. The van der Waals surface area contributed by atoms with Crippen LogP contribution in [0.2, 0.25) is 0 Å². The second-order valence-electron chi connectivity index (χ2n) is 2.89. The third-order valence-electron chi connectivity index (χ3n) is 1.96. The molecule has 3 N–H and O–H groups in total. The van der Waals surface area contributed by atoms with Crippen molar-refractivity contribution >= 4 is 0 Å². The van der Waals surface area contributed by atoms with E-state index in [0.717, 1.165) is 12.1 Å². The lowest BCUT2D eigenvalue weighted by molar-refractivity contribution is 0.426. The number of halogens is 3. The van der Waals surface area contributed by atoms with Crippen molar-refractivity contribution in [1.29, 1.82) is 0 Å². The topological polar surface area (TPSA) is 38.0 Å². The molecule has 0 fully saturated rings. The summed E-state index contributed by atoms with van der Waals surface area (Å²) in [6.45, 7) is 0. The standard InChI is InChI=1S/C10H9F3N2/c1-2-3-8(15-14)6-4-5-7(11)10(13)9(6)12/h1,4-5,8,15H,3,14H2. The van der Waals surface area contributed by atoms with Gasteiger partial charge in [0.1, 0.15) is 0 Å². The maximum Gasteiger partial charge on any atom is 0.194 e. The fraction of sp³-hybridized carbons (Fsp3) is 0.200. The van der Waals surface area contributed by atoms with Gasteiger partial charge in [-0.2, -0.15) is 0 Å². The van der Waals surface area contributed by atoms with Gasteiger partial charge in [0.05, 0.1) is 6.04 Å². The van der Waals surface area contributed by atoms with Crippen molar-refractivity contribution in [3.05, 3.63) is 35.1 Å². The maximum absolute atomic E-state index is 13.2. The van der Waals surface area contributed by atoms with Crippen molar-refractivity contribution in [3.63, 3.8) is 0 Å². The lowest BCUT2D eigenvalue weighted by Gasteiger charge is -2.14. The lowest BCUT2D eigenvalue weighted by Crippen LogP contribution is -2.28. The fourth-order valence-corrected chi connectivity index (χ4v) is 1.19. The molecule has 1 aromatic carbocycles. The van der Waals surface area contributed by atoms with Crippen molar-refractivity contribution in [2.45, 2.75) is 12.5 Å². The molecule has 2 nitrogen and oxygen atoms in total. The van der Waals surface area contributed by atoms with Gasteiger partial charge < -0.3 is 0 Å². The molecule has 0 amide bonds. The molecule has 0 radical (unpaired) electrons. The molecule has 1 unspecified atom stereocenters. The third-order valence-corrected chi connectivity index (χ3v) is 1.96. The van der Waals surface area contributed by atoms with Gasteiger partial charge in [-0.05, 0) is 6.07 Å². The fourth-order valence-electron chi connectivity index (χ4n) is 1.19. The molecule has 1 aromatic rings. The Labute approximate surface area is 85.2 Å². The zero-order valence-electron chi connectivity index (χ0n) is 7.73. The van der Waals surface area contributed by atoms with Crippen LogP contribution < -0.4 is 11.3 Å². The molecular weight excluding hydrogens is 205 g/mol. The van der Waals surface area contributed by atoms with Crippen LogP contribution in [-0.2, 0) is 0 Å². The molecule has 1 atom stereocenters. The molecule has 1 rings (SSSR count). The van der Waals surface area contributed by atoms with Crippen molar-refractivity contribution in [1.82, 2.24) is 5.43 Å². The van der Waals surface area contributed by atoms with E-state index in [2.05, 4.69) is 11.3 Å². The second-order valence-corrected chi connectivity index (χ2v) is 2.89. The van der Waals surface area contributed by atoms with Crippen LogP contribution in [0.5, 0.6) is 0 Å². The Morgan fingerprint density at radius 2 is 2.00 bits per heavy atom. The molecule has 0 heterocycles. The zero-order chi connectivity index (χ0) is 11.4. The van der Waals surface area contributed by atoms with E-state index < -0.39 is 23.5 Å². The maximum atomic E-state index is 13.2. The molecule has 0 aromatic heterocycles. The predicted octanol–water partition coefficient (Wildman–Crippen LogP) is 1.63. The minimum atomic E-state index is -1.52. The number of terminal acetylenes is 1. The normalized spacial score (nSPS) is 12.2. The largest absolute Gasteiger partial charge is 0.271 e. The van der Waals surface area contributed by atoms with Crippen LogP contribution in [0.25, 0.3) is 0 Å². The number of nitrogens with one attached hydrogen (secondary N) is 1. The van der Waals surface area contributed by atoms with Crippen LogP contribution in [0.3, 0.4) is 0 Å². The Hall–Kier alpha value is -1.51. The molecule has 0 aliphatic rings. The summed E-state index contributed by atoms with van der Waals surface area (Å²) in [4.78, 5) is 0. The van der Waals surface area contributed by atoms with E-state index in [9.17, 15) is 13.2 Å². The molecule has 0 spiro atoms. The predicted molar refractivity (Wildman–Crippen MR) is 49.8 cm³/mol. The zero-order valence-corrected chi connectivity index (χ0v) is 7.73. The molecule has 0 aliphatic heterocycles. The van der Waals surface area contributed by atoms with Crippen molar-refractivity contribution in [2.24, 2.45) is 5.84 Å². The average molecular weight is 214 g/mol. The monoisotopic (exact) mass is 214 g/mol. The first-order valence-electron chi connectivity index (χ1n) is 4.14. The first kappa shape index (κ1) is 11.6. The molecule has 80 valence electrons. The van der Waals surface area contributed by atoms with Gasteiger partial charge in [0.2, 0.25) is 0 Å². The highest BCUT2D eigenvalue weighted by Gasteiger charge is 2.19. The summed E-state index contributed by atoms with van der Waals surface area (Å²) in [5.74, 6) is 3.34. The summed E-state index contributed by atoms with van der Waals surface area (Å²) < 4.78 is 38.7. The molecule has 15 heavy (non-hydrogen) atoms. The minimum Gasteiger partial charge on any atom is -0.271 e. The number of nitrogens with two attached hydrogens (primary N) is 1. The van der Waals surface area contributed by atoms with E-state index in [0.29, 0.717) is 0 Å². The summed E-state index contributed by atoms with van der Waals surface area (Å²) in [7, 11) is 0. The highest BCUT2D eigenvalue weighted by molar-refractivity contribution is 5.24. The quantitative estimate of drug-likeness (QED) is 0.347. The Morgan fingerprint density at radius 3 is 2.53 bits per heavy atom. The van der Waals surface area contributed by atoms with Crippen LogP contribution >= 0.6 is 0 Å². The Bertz CT molecular complexity index is 398. The van der Waals surface area contributed by atoms with Gasteiger partial charge in [-0.3, -0.25) is 11.3 Å². The Balaban J connectivity index is 3.14. The summed E-state index contributed by atoms with van der Waals surface area (Å²) in [5.41, 5.74) is 2.15. The highest BCUT2D eigenvalue weighted by Crippen LogP contribution is 2.22. The summed E-state index contributed by atoms with van der Waals surface area (Å²) in [5, 5.41) is 0. The highest BCUT2D eigenvalue weighted by atomic mass is 19.2. The van der Waals surface area contributed by atoms with E-state index in [1.165, 1.54) is 0 Å². The van der Waals surface area contributed by atoms with Crippen LogP contribution in [0.1, 0.15) is 18.0 Å². The molecule has 0 saturated heterocycles. The molecular formula is C10H9F3N2. The number of benzene rings is 1. The third kappa shape index (κ3) is 2.29. The number of rotatable bonds is 3. The van der Waals surface area contributed by atoms with E-state index in [1.54, 1.807) is 0 Å². The average Bonchev–Trinajstić information content (AvgIpc) is 2.24. The Morgan fingerprint density at radius 1 is 1.33 bits per heavy atom. The second kappa shape index (κ2) is 4.82. The van der Waals surface area contributed by atoms with Crippen LogP contribution in [0.4, 0.5) is 13.2 Å². The SMILES string of the molecule is C#CCC(NN)c1ccc(F)c(F)c1F. The number of hydrogen-bond acceptors (Lipinski definition) is 2. The van der Waals surface area contributed by atoms with Gasteiger partial charge >= 0.3 is 0 Å². The van der Waals surface area contributed by atoms with E-state index in [4.69, 9.17) is 12.3 Å². The van der Waals surface area contributed by atoms with Crippen LogP contribution in [-0.4, -0.2) is 0 Å². The van der Waals surface area contributed by atoms with Gasteiger partial charge in [0.15, 0.2) is 17.5 Å². The van der Waals surface area contributed by atoms with Crippen LogP contribution in [0, 0.1) is 29.8 Å². The lowest BCUT2D eigenvalue weighted by atomic mass is 10.0. The minimum absolute atomic E-state index is 0.0818. The van der Waals surface area contributed by atoms with Gasteiger partial charge in [-0.1, -0.05) is 6.07 Å². The van der Waals surface area contributed by atoms with E-state index in [1.807, 2.05) is 0 Å². The Kier molecular flexibility index (Phi) is 3.72. The molecule has 5 heteroatoms. The first-order valence-corrected chi connectivity index (χ1v) is 4.14. The number of hydrogen-bond donors (Lipinski definition) is 2. The summed E-state index contributed by atoms with van der Waals surface area (Å²) >= 11 is 0. The van der Waals surface area contributed by atoms with Crippen molar-refractivity contribution < 1.29 is 13.2 Å². The number of hydrazine groups is 1. The van der Waals surface area contributed by atoms with Gasteiger partial charge in [-0.25, -0.2) is 13.2 Å². The smallest absolute Gasteiger partial charge is 0.194 e. The van der Waals surface area contributed by atoms with Gasteiger partial charge in [0.25, 0.3) is 0 Å². The van der Waals surface area contributed by atoms with Gasteiger partial charge in [0, 0.05) is 12.0 Å². The molecule has 0 bridgehead atoms. The summed E-state index contributed by atoms with van der Waals surface area (Å²) in [6, 6.07) is 1.20.